The first-order chi connectivity index (χ1) is 14.7. The highest BCUT2D eigenvalue weighted by Crippen LogP contribution is 2.20. The Morgan fingerprint density at radius 1 is 0.833 bits per heavy atom. The normalized spacial score (nSPS) is 11.7. The van der Waals surface area contributed by atoms with E-state index in [0.29, 0.717) is 13.1 Å². The second kappa shape index (κ2) is 11.2. The van der Waals surface area contributed by atoms with Gasteiger partial charge in [-0.15, -0.1) is 0 Å². The van der Waals surface area contributed by atoms with Gasteiger partial charge in [0.1, 0.15) is 6.61 Å². The molecule has 156 valence electrons. The van der Waals surface area contributed by atoms with Gasteiger partial charge in [0.05, 0.1) is 0 Å². The van der Waals surface area contributed by atoms with Gasteiger partial charge in [0, 0.05) is 13.1 Å². The van der Waals surface area contributed by atoms with E-state index < -0.39 is 0 Å². The summed E-state index contributed by atoms with van der Waals surface area (Å²) < 4.78 is 5.64. The van der Waals surface area contributed by atoms with Gasteiger partial charge < -0.3 is 9.64 Å². The van der Waals surface area contributed by atoms with Crippen LogP contribution in [-0.4, -0.2) is 17.5 Å². The standard InChI is InChI=1S/C27H31NO2/c1-3-10-23-15-17-26(18-16-23)22(2)19-28(20-24-11-6-4-7-12-24)27(29)30-21-25-13-8-5-9-14-25/h4-9,11-18,22H,3,10,19-21H2,1-2H3. The minimum atomic E-state index is -0.280. The first-order valence-electron chi connectivity index (χ1n) is 10.7. The van der Waals surface area contributed by atoms with Crippen molar-refractivity contribution in [2.24, 2.45) is 0 Å². The number of ether oxygens (including phenoxy) is 1. The van der Waals surface area contributed by atoms with Gasteiger partial charge in [0.25, 0.3) is 0 Å². The lowest BCUT2D eigenvalue weighted by atomic mass is 9.98. The van der Waals surface area contributed by atoms with E-state index in [9.17, 15) is 4.79 Å². The number of amides is 1. The molecule has 0 saturated heterocycles. The molecular formula is C27H31NO2. The summed E-state index contributed by atoms with van der Waals surface area (Å²) in [6, 6.07) is 28.6. The summed E-state index contributed by atoms with van der Waals surface area (Å²) in [6.07, 6.45) is 1.96. The largest absolute Gasteiger partial charge is 0.445 e. The van der Waals surface area contributed by atoms with Crippen LogP contribution in [0.4, 0.5) is 4.79 Å². The average Bonchev–Trinajstić information content (AvgIpc) is 2.79. The molecule has 1 amide bonds. The molecule has 0 fully saturated rings. The molecule has 3 heteroatoms. The van der Waals surface area contributed by atoms with E-state index in [2.05, 4.69) is 38.1 Å². The Morgan fingerprint density at radius 3 is 2.03 bits per heavy atom. The third-order valence-electron chi connectivity index (χ3n) is 5.26. The summed E-state index contributed by atoms with van der Waals surface area (Å²) in [5, 5.41) is 0. The Morgan fingerprint density at radius 2 is 1.43 bits per heavy atom. The van der Waals surface area contributed by atoms with E-state index in [0.717, 1.165) is 24.0 Å². The van der Waals surface area contributed by atoms with E-state index >= 15 is 0 Å². The quantitative estimate of drug-likeness (QED) is 0.405. The van der Waals surface area contributed by atoms with Crippen molar-refractivity contribution in [3.8, 4) is 0 Å². The van der Waals surface area contributed by atoms with Crippen LogP contribution in [0.3, 0.4) is 0 Å². The Kier molecular flexibility index (Phi) is 8.08. The van der Waals surface area contributed by atoms with Crippen molar-refractivity contribution < 1.29 is 9.53 Å². The van der Waals surface area contributed by atoms with Gasteiger partial charge in [0.2, 0.25) is 0 Å². The van der Waals surface area contributed by atoms with E-state index in [4.69, 9.17) is 4.74 Å². The van der Waals surface area contributed by atoms with Crippen LogP contribution in [0.5, 0.6) is 0 Å². The number of rotatable bonds is 9. The maximum Gasteiger partial charge on any atom is 0.410 e. The van der Waals surface area contributed by atoms with Crippen molar-refractivity contribution in [3.05, 3.63) is 107 Å². The highest BCUT2D eigenvalue weighted by Gasteiger charge is 2.19. The maximum absolute atomic E-state index is 12.9. The summed E-state index contributed by atoms with van der Waals surface area (Å²) in [4.78, 5) is 14.7. The highest BCUT2D eigenvalue weighted by atomic mass is 16.6. The molecule has 0 N–H and O–H groups in total. The van der Waals surface area contributed by atoms with Crippen LogP contribution in [0.2, 0.25) is 0 Å². The minimum Gasteiger partial charge on any atom is -0.445 e. The predicted octanol–water partition coefficient (Wildman–Crippen LogP) is 6.58. The van der Waals surface area contributed by atoms with Crippen LogP contribution < -0.4 is 0 Å². The van der Waals surface area contributed by atoms with Crippen molar-refractivity contribution in [2.45, 2.75) is 45.8 Å². The van der Waals surface area contributed by atoms with Crippen LogP contribution in [0.1, 0.15) is 48.4 Å². The molecule has 0 bridgehead atoms. The summed E-state index contributed by atoms with van der Waals surface area (Å²) >= 11 is 0. The molecule has 3 nitrogen and oxygen atoms in total. The van der Waals surface area contributed by atoms with Crippen LogP contribution in [0, 0.1) is 0 Å². The summed E-state index contributed by atoms with van der Waals surface area (Å²) in [5.74, 6) is 0.216. The van der Waals surface area contributed by atoms with Crippen molar-refractivity contribution in [1.82, 2.24) is 4.90 Å². The van der Waals surface area contributed by atoms with E-state index in [1.54, 1.807) is 0 Å². The highest BCUT2D eigenvalue weighted by molar-refractivity contribution is 5.67. The fourth-order valence-corrected chi connectivity index (χ4v) is 3.56. The number of hydrogen-bond acceptors (Lipinski definition) is 2. The van der Waals surface area contributed by atoms with Crippen LogP contribution in [0.25, 0.3) is 0 Å². The SMILES string of the molecule is CCCc1ccc(C(C)CN(Cc2ccccc2)C(=O)OCc2ccccc2)cc1. The van der Waals surface area contributed by atoms with Gasteiger partial charge in [-0.3, -0.25) is 0 Å². The van der Waals surface area contributed by atoms with Crippen LogP contribution in [-0.2, 0) is 24.3 Å². The molecule has 0 heterocycles. The molecule has 30 heavy (non-hydrogen) atoms. The third-order valence-corrected chi connectivity index (χ3v) is 5.26. The molecule has 3 rings (SSSR count). The Bertz CT molecular complexity index is 891. The lowest BCUT2D eigenvalue weighted by Crippen LogP contribution is -2.34. The number of carbonyl (C=O) groups is 1. The maximum atomic E-state index is 12.9. The number of nitrogens with zero attached hydrogens (tertiary/aromatic N) is 1. The monoisotopic (exact) mass is 401 g/mol. The van der Waals surface area contributed by atoms with Gasteiger partial charge in [-0.1, -0.05) is 105 Å². The lowest BCUT2D eigenvalue weighted by Gasteiger charge is -2.26. The van der Waals surface area contributed by atoms with Crippen LogP contribution in [0.15, 0.2) is 84.9 Å². The molecule has 1 unspecified atom stereocenters. The fourth-order valence-electron chi connectivity index (χ4n) is 3.56. The molecule has 1 atom stereocenters. The van der Waals surface area contributed by atoms with E-state index in [1.165, 1.54) is 11.1 Å². The number of carbonyl (C=O) groups excluding carboxylic acids is 1. The van der Waals surface area contributed by atoms with Gasteiger partial charge in [-0.05, 0) is 34.6 Å². The Balaban J connectivity index is 1.68. The zero-order chi connectivity index (χ0) is 21.2. The van der Waals surface area contributed by atoms with Gasteiger partial charge in [0.15, 0.2) is 0 Å². The second-order valence-electron chi connectivity index (χ2n) is 7.80. The molecule has 0 aliphatic carbocycles. The van der Waals surface area contributed by atoms with Gasteiger partial charge in [-0.2, -0.15) is 0 Å². The number of benzene rings is 3. The smallest absolute Gasteiger partial charge is 0.410 e. The molecule has 0 saturated carbocycles. The van der Waals surface area contributed by atoms with E-state index in [1.807, 2.05) is 65.6 Å². The fraction of sp³-hybridized carbons (Fsp3) is 0.296. The Hall–Kier alpha value is -3.07. The van der Waals surface area contributed by atoms with Crippen molar-refractivity contribution in [1.29, 1.82) is 0 Å². The van der Waals surface area contributed by atoms with Crippen LogP contribution >= 0.6 is 0 Å². The average molecular weight is 402 g/mol. The third kappa shape index (κ3) is 6.48. The zero-order valence-corrected chi connectivity index (χ0v) is 18.0. The molecule has 0 aliphatic rings. The topological polar surface area (TPSA) is 29.5 Å². The number of aryl methyl sites for hydroxylation is 1. The van der Waals surface area contributed by atoms with Crippen molar-refractivity contribution >= 4 is 6.09 Å². The van der Waals surface area contributed by atoms with Crippen molar-refractivity contribution in [3.63, 3.8) is 0 Å². The summed E-state index contributed by atoms with van der Waals surface area (Å²) in [5.41, 5.74) is 4.69. The van der Waals surface area contributed by atoms with Gasteiger partial charge in [-0.25, -0.2) is 4.79 Å². The first kappa shape index (κ1) is 21.6. The zero-order valence-electron chi connectivity index (χ0n) is 18.0. The summed E-state index contributed by atoms with van der Waals surface area (Å²) in [7, 11) is 0. The molecule has 0 aromatic heterocycles. The molecule has 3 aromatic rings. The molecule has 0 aliphatic heterocycles. The predicted molar refractivity (Wildman–Crippen MR) is 122 cm³/mol. The molecule has 0 radical (unpaired) electrons. The van der Waals surface area contributed by atoms with Crippen molar-refractivity contribution in [2.75, 3.05) is 6.54 Å². The minimum absolute atomic E-state index is 0.216. The summed E-state index contributed by atoms with van der Waals surface area (Å²) in [6.45, 7) is 5.78. The first-order valence-corrected chi connectivity index (χ1v) is 10.7. The molecular weight excluding hydrogens is 370 g/mol. The molecule has 3 aromatic carbocycles. The Labute approximate surface area is 180 Å². The molecule has 0 spiro atoms. The van der Waals surface area contributed by atoms with E-state index in [-0.39, 0.29) is 18.6 Å². The van der Waals surface area contributed by atoms with Gasteiger partial charge >= 0.3 is 6.09 Å². The second-order valence-corrected chi connectivity index (χ2v) is 7.80. The number of hydrogen-bond donors (Lipinski definition) is 0. The lowest BCUT2D eigenvalue weighted by molar-refractivity contribution is 0.0918.